The minimum Gasteiger partial charge on any atom is -0.269 e. The summed E-state index contributed by atoms with van der Waals surface area (Å²) in [5, 5.41) is 0. The van der Waals surface area contributed by atoms with Gasteiger partial charge in [-0.15, -0.1) is 0 Å². The molecule has 23 heavy (non-hydrogen) atoms. The third-order valence-electron chi connectivity index (χ3n) is 3.44. The molecule has 0 heterocycles. The van der Waals surface area contributed by atoms with E-state index in [1.807, 2.05) is 26.0 Å². The topological polar surface area (TPSA) is 83.6 Å². The monoisotopic (exact) mass is 362 g/mol. The first kappa shape index (κ1) is 19.9. The van der Waals surface area contributed by atoms with Crippen LogP contribution < -0.4 is 9.03 Å². The van der Waals surface area contributed by atoms with Crippen molar-refractivity contribution in [3.05, 3.63) is 29.8 Å². The van der Waals surface area contributed by atoms with E-state index in [-0.39, 0.29) is 18.8 Å². The van der Waals surface area contributed by atoms with Gasteiger partial charge in [-0.2, -0.15) is 0 Å². The molecule has 6 nitrogen and oxygen atoms in total. The highest BCUT2D eigenvalue weighted by Crippen LogP contribution is 2.18. The zero-order chi connectivity index (χ0) is 17.5. The van der Waals surface area contributed by atoms with Crippen molar-refractivity contribution in [2.24, 2.45) is 0 Å². The Morgan fingerprint density at radius 3 is 2.13 bits per heavy atom. The summed E-state index contributed by atoms with van der Waals surface area (Å²) in [4.78, 5) is 0. The molecule has 0 unspecified atom stereocenters. The molecule has 1 aromatic carbocycles. The Hall–Kier alpha value is -1.12. The van der Waals surface area contributed by atoms with E-state index < -0.39 is 20.0 Å². The lowest BCUT2D eigenvalue weighted by atomic mass is 10.1. The van der Waals surface area contributed by atoms with Gasteiger partial charge < -0.3 is 0 Å². The molecular formula is C15H26N2O4S2. The van der Waals surface area contributed by atoms with Crippen molar-refractivity contribution in [1.29, 1.82) is 0 Å². The average Bonchev–Trinajstić information content (AvgIpc) is 2.48. The number of hydrogen-bond acceptors (Lipinski definition) is 4. The predicted octanol–water partition coefficient (Wildman–Crippen LogP) is 1.73. The summed E-state index contributed by atoms with van der Waals surface area (Å²) >= 11 is 0. The van der Waals surface area contributed by atoms with Crippen LogP contribution in [0, 0.1) is 0 Å². The quantitative estimate of drug-likeness (QED) is 0.687. The van der Waals surface area contributed by atoms with Gasteiger partial charge in [0.1, 0.15) is 0 Å². The molecule has 0 fully saturated rings. The smallest absolute Gasteiger partial charge is 0.232 e. The molecular weight excluding hydrogens is 336 g/mol. The lowest BCUT2D eigenvalue weighted by molar-refractivity contribution is 0.575. The number of nitrogens with one attached hydrogen (secondary N) is 1. The molecule has 1 aromatic rings. The van der Waals surface area contributed by atoms with Crippen molar-refractivity contribution in [2.45, 2.75) is 33.1 Å². The van der Waals surface area contributed by atoms with E-state index in [2.05, 4.69) is 4.72 Å². The molecule has 0 atom stereocenters. The molecule has 0 aliphatic heterocycles. The number of hydrogen-bond donors (Lipinski definition) is 1. The number of nitrogens with zero attached hydrogens (tertiary/aromatic N) is 1. The molecule has 0 saturated heterocycles. The fourth-order valence-corrected chi connectivity index (χ4v) is 4.24. The largest absolute Gasteiger partial charge is 0.269 e. The van der Waals surface area contributed by atoms with Gasteiger partial charge in [0.15, 0.2) is 0 Å². The number of aryl methyl sites for hydroxylation is 1. The van der Waals surface area contributed by atoms with E-state index in [9.17, 15) is 16.8 Å². The lowest BCUT2D eigenvalue weighted by Gasteiger charge is -2.22. The predicted molar refractivity (Wildman–Crippen MR) is 94.7 cm³/mol. The molecule has 0 aliphatic carbocycles. The first-order valence-corrected chi connectivity index (χ1v) is 11.2. The van der Waals surface area contributed by atoms with Gasteiger partial charge in [-0.25, -0.2) is 21.6 Å². The first-order valence-electron chi connectivity index (χ1n) is 7.73. The standard InChI is InChI=1S/C15H26N2O4S2/c1-4-6-13-23(20,21)16-11-12-17(22(3,18)19)15-9-7-14(5-2)8-10-15/h7-10,16H,4-6,11-13H2,1-3H3. The van der Waals surface area contributed by atoms with E-state index in [4.69, 9.17) is 0 Å². The zero-order valence-electron chi connectivity index (χ0n) is 13.9. The van der Waals surface area contributed by atoms with Crippen LogP contribution in [-0.2, 0) is 26.5 Å². The highest BCUT2D eigenvalue weighted by Gasteiger charge is 2.18. The van der Waals surface area contributed by atoms with Crippen LogP contribution in [0.5, 0.6) is 0 Å². The molecule has 0 amide bonds. The van der Waals surface area contributed by atoms with E-state index >= 15 is 0 Å². The fourth-order valence-electron chi connectivity index (χ4n) is 2.09. The van der Waals surface area contributed by atoms with Crippen LogP contribution in [-0.4, -0.2) is 41.9 Å². The second-order valence-corrected chi connectivity index (χ2v) is 9.26. The SMILES string of the molecule is CCCCS(=O)(=O)NCCN(c1ccc(CC)cc1)S(C)(=O)=O. The summed E-state index contributed by atoms with van der Waals surface area (Å²) in [5.41, 5.74) is 1.65. The third-order valence-corrected chi connectivity index (χ3v) is 6.10. The Morgan fingerprint density at radius 1 is 1.04 bits per heavy atom. The maximum atomic E-state index is 12.0. The molecule has 0 aromatic heterocycles. The van der Waals surface area contributed by atoms with Crippen molar-refractivity contribution in [3.8, 4) is 0 Å². The Morgan fingerprint density at radius 2 is 1.65 bits per heavy atom. The fraction of sp³-hybridized carbons (Fsp3) is 0.600. The molecule has 132 valence electrons. The molecule has 0 radical (unpaired) electrons. The second-order valence-electron chi connectivity index (χ2n) is 5.42. The highest BCUT2D eigenvalue weighted by molar-refractivity contribution is 7.92. The van der Waals surface area contributed by atoms with E-state index in [0.29, 0.717) is 12.1 Å². The number of rotatable bonds is 10. The number of benzene rings is 1. The molecule has 8 heteroatoms. The minimum absolute atomic E-state index is 0.0502. The number of anilines is 1. The molecule has 0 spiro atoms. The summed E-state index contributed by atoms with van der Waals surface area (Å²) in [6.45, 7) is 4.06. The van der Waals surface area contributed by atoms with Crippen molar-refractivity contribution in [2.75, 3.05) is 29.4 Å². The number of sulfonamides is 2. The van der Waals surface area contributed by atoms with Crippen LogP contribution in [0.2, 0.25) is 0 Å². The van der Waals surface area contributed by atoms with E-state index in [1.165, 1.54) is 4.31 Å². The van der Waals surface area contributed by atoms with Gasteiger partial charge in [0.05, 0.1) is 17.7 Å². The summed E-state index contributed by atoms with van der Waals surface area (Å²) in [5.74, 6) is 0.0631. The lowest BCUT2D eigenvalue weighted by Crippen LogP contribution is -2.38. The zero-order valence-corrected chi connectivity index (χ0v) is 15.6. The Labute approximate surface area is 140 Å². The average molecular weight is 363 g/mol. The van der Waals surface area contributed by atoms with Gasteiger partial charge in [0.2, 0.25) is 20.0 Å². The molecule has 1 rings (SSSR count). The summed E-state index contributed by atoms with van der Waals surface area (Å²) in [6, 6.07) is 7.23. The van der Waals surface area contributed by atoms with Gasteiger partial charge in [-0.1, -0.05) is 32.4 Å². The van der Waals surface area contributed by atoms with Gasteiger partial charge in [0.25, 0.3) is 0 Å². The minimum atomic E-state index is -3.47. The summed E-state index contributed by atoms with van der Waals surface area (Å²) in [7, 11) is -6.82. The Kier molecular flexibility index (Phi) is 7.50. The summed E-state index contributed by atoms with van der Waals surface area (Å²) < 4.78 is 51.1. The second kappa shape index (κ2) is 8.65. The third kappa shape index (κ3) is 6.88. The number of unbranched alkanes of at least 4 members (excludes halogenated alkanes) is 1. The van der Waals surface area contributed by atoms with Gasteiger partial charge in [0, 0.05) is 13.1 Å². The van der Waals surface area contributed by atoms with Crippen molar-refractivity contribution in [1.82, 2.24) is 4.72 Å². The van der Waals surface area contributed by atoms with Crippen LogP contribution in [0.4, 0.5) is 5.69 Å². The van der Waals surface area contributed by atoms with Gasteiger partial charge in [-0.05, 0) is 30.5 Å². The molecule has 1 N–H and O–H groups in total. The highest BCUT2D eigenvalue weighted by atomic mass is 32.2. The Balaban J connectivity index is 2.77. The Bertz CT molecular complexity index is 683. The molecule has 0 bridgehead atoms. The van der Waals surface area contributed by atoms with Crippen LogP contribution in [0.1, 0.15) is 32.3 Å². The van der Waals surface area contributed by atoms with Gasteiger partial charge >= 0.3 is 0 Å². The van der Waals surface area contributed by atoms with Crippen molar-refractivity contribution in [3.63, 3.8) is 0 Å². The van der Waals surface area contributed by atoms with Crippen molar-refractivity contribution >= 4 is 25.7 Å². The normalized spacial score (nSPS) is 12.3. The maximum Gasteiger partial charge on any atom is 0.232 e. The van der Waals surface area contributed by atoms with Crippen LogP contribution >= 0.6 is 0 Å². The first-order chi connectivity index (χ1) is 10.7. The molecule has 0 saturated carbocycles. The summed E-state index contributed by atoms with van der Waals surface area (Å²) in [6.07, 6.45) is 3.37. The van der Waals surface area contributed by atoms with Crippen LogP contribution in [0.3, 0.4) is 0 Å². The van der Waals surface area contributed by atoms with Crippen LogP contribution in [0.15, 0.2) is 24.3 Å². The molecule has 0 aliphatic rings. The van der Waals surface area contributed by atoms with E-state index in [1.54, 1.807) is 12.1 Å². The van der Waals surface area contributed by atoms with Crippen LogP contribution in [0.25, 0.3) is 0 Å². The van der Waals surface area contributed by atoms with Crippen molar-refractivity contribution < 1.29 is 16.8 Å². The van der Waals surface area contributed by atoms with E-state index in [0.717, 1.165) is 24.7 Å². The van der Waals surface area contributed by atoms with Gasteiger partial charge in [-0.3, -0.25) is 4.31 Å². The maximum absolute atomic E-state index is 12.0.